The Hall–Kier alpha value is 0. The molecule has 1 saturated heterocycles. The fourth-order valence-corrected chi connectivity index (χ4v) is 2.72. The number of hydrogen-bond acceptors (Lipinski definition) is 3. The minimum absolute atomic E-state index is 0.572. The number of methoxy groups -OCH3 is 1. The molecular formula is C9H18N2OS2. The summed E-state index contributed by atoms with van der Waals surface area (Å²) >= 11 is 7.15. The van der Waals surface area contributed by atoms with Gasteiger partial charge in [-0.25, -0.2) is 0 Å². The first-order valence-corrected chi connectivity index (χ1v) is 6.50. The Morgan fingerprint density at radius 2 is 2.50 bits per heavy atom. The minimum atomic E-state index is 0.572. The van der Waals surface area contributed by atoms with Crippen LogP contribution in [0, 0.1) is 0 Å². The number of rotatable bonds is 5. The van der Waals surface area contributed by atoms with Crippen LogP contribution in [0.25, 0.3) is 0 Å². The molecule has 14 heavy (non-hydrogen) atoms. The summed E-state index contributed by atoms with van der Waals surface area (Å²) in [7, 11) is 1.71. The van der Waals surface area contributed by atoms with Gasteiger partial charge >= 0.3 is 0 Å². The SMILES string of the molecule is COCCCNC(=S)NC1CCSC1. The van der Waals surface area contributed by atoms with Gasteiger partial charge in [0.15, 0.2) is 5.11 Å². The molecule has 1 aliphatic heterocycles. The van der Waals surface area contributed by atoms with E-state index in [1.807, 2.05) is 11.8 Å². The number of nitrogens with one attached hydrogen (secondary N) is 2. The van der Waals surface area contributed by atoms with E-state index in [1.54, 1.807) is 7.11 Å². The van der Waals surface area contributed by atoms with Gasteiger partial charge in [0.1, 0.15) is 0 Å². The molecule has 5 heteroatoms. The fraction of sp³-hybridized carbons (Fsp3) is 0.889. The number of ether oxygens (including phenoxy) is 1. The van der Waals surface area contributed by atoms with Crippen molar-refractivity contribution in [1.82, 2.24) is 10.6 Å². The lowest BCUT2D eigenvalue weighted by atomic mass is 10.3. The highest BCUT2D eigenvalue weighted by molar-refractivity contribution is 7.99. The Kier molecular flexibility index (Phi) is 6.31. The molecule has 0 aliphatic carbocycles. The summed E-state index contributed by atoms with van der Waals surface area (Å²) in [5.74, 6) is 2.43. The summed E-state index contributed by atoms with van der Waals surface area (Å²) in [6.45, 7) is 1.68. The maximum absolute atomic E-state index is 5.17. The van der Waals surface area contributed by atoms with Gasteiger partial charge in [-0.15, -0.1) is 0 Å². The Bertz CT molecular complexity index is 172. The van der Waals surface area contributed by atoms with Gasteiger partial charge in [-0.3, -0.25) is 0 Å². The first kappa shape index (κ1) is 12.1. The molecule has 0 radical (unpaired) electrons. The molecule has 1 unspecified atom stereocenters. The standard InChI is InChI=1S/C9H18N2OS2/c1-12-5-2-4-10-9(13)11-8-3-6-14-7-8/h8H,2-7H2,1H3,(H2,10,11,13). The number of hydrogen-bond donors (Lipinski definition) is 2. The summed E-state index contributed by atoms with van der Waals surface area (Å²) in [5.41, 5.74) is 0. The van der Waals surface area contributed by atoms with E-state index in [9.17, 15) is 0 Å². The van der Waals surface area contributed by atoms with Crippen molar-refractivity contribution in [3.8, 4) is 0 Å². The highest BCUT2D eigenvalue weighted by Crippen LogP contribution is 2.16. The molecule has 1 heterocycles. The van der Waals surface area contributed by atoms with Crippen LogP contribution in [0.3, 0.4) is 0 Å². The largest absolute Gasteiger partial charge is 0.385 e. The van der Waals surface area contributed by atoms with Gasteiger partial charge in [-0.05, 0) is 30.8 Å². The van der Waals surface area contributed by atoms with Gasteiger partial charge in [-0.1, -0.05) is 0 Å². The van der Waals surface area contributed by atoms with E-state index >= 15 is 0 Å². The van der Waals surface area contributed by atoms with Crippen LogP contribution >= 0.6 is 24.0 Å². The molecule has 1 aliphatic rings. The normalized spacial score (nSPS) is 20.8. The second kappa shape index (κ2) is 7.31. The third-order valence-corrected chi connectivity index (χ3v) is 3.50. The molecule has 0 aromatic heterocycles. The number of thioether (sulfide) groups is 1. The van der Waals surface area contributed by atoms with Gasteiger partial charge in [0.2, 0.25) is 0 Å². The first-order valence-electron chi connectivity index (χ1n) is 4.94. The molecule has 0 aromatic carbocycles. The molecule has 0 amide bonds. The van der Waals surface area contributed by atoms with Crippen molar-refractivity contribution >= 4 is 29.1 Å². The topological polar surface area (TPSA) is 33.3 Å². The molecule has 1 fully saturated rings. The fourth-order valence-electron chi connectivity index (χ4n) is 1.30. The highest BCUT2D eigenvalue weighted by atomic mass is 32.2. The molecular weight excluding hydrogens is 216 g/mol. The second-order valence-electron chi connectivity index (χ2n) is 3.31. The summed E-state index contributed by atoms with van der Waals surface area (Å²) in [6, 6.07) is 0.572. The molecule has 0 aromatic rings. The van der Waals surface area contributed by atoms with Crippen molar-refractivity contribution in [2.24, 2.45) is 0 Å². The van der Waals surface area contributed by atoms with Gasteiger partial charge < -0.3 is 15.4 Å². The van der Waals surface area contributed by atoms with Crippen molar-refractivity contribution in [3.05, 3.63) is 0 Å². The Morgan fingerprint density at radius 1 is 1.64 bits per heavy atom. The average molecular weight is 234 g/mol. The van der Waals surface area contributed by atoms with E-state index in [0.29, 0.717) is 6.04 Å². The van der Waals surface area contributed by atoms with Gasteiger partial charge in [0.05, 0.1) is 0 Å². The summed E-state index contributed by atoms with van der Waals surface area (Å²) in [4.78, 5) is 0. The quantitative estimate of drug-likeness (QED) is 0.548. The molecule has 0 saturated carbocycles. The zero-order valence-electron chi connectivity index (χ0n) is 8.54. The first-order chi connectivity index (χ1) is 6.83. The second-order valence-corrected chi connectivity index (χ2v) is 4.87. The van der Waals surface area contributed by atoms with Crippen LogP contribution in [0.2, 0.25) is 0 Å². The summed E-state index contributed by atoms with van der Waals surface area (Å²) in [5, 5.41) is 7.28. The maximum atomic E-state index is 5.17. The van der Waals surface area contributed by atoms with E-state index < -0.39 is 0 Å². The van der Waals surface area contributed by atoms with Crippen LogP contribution in [0.4, 0.5) is 0 Å². The zero-order valence-corrected chi connectivity index (χ0v) is 10.2. The maximum Gasteiger partial charge on any atom is 0.166 e. The van der Waals surface area contributed by atoms with Crippen LogP contribution in [0.15, 0.2) is 0 Å². The Balaban J connectivity index is 1.98. The van der Waals surface area contributed by atoms with E-state index in [1.165, 1.54) is 17.9 Å². The van der Waals surface area contributed by atoms with Crippen molar-refractivity contribution in [2.75, 3.05) is 31.8 Å². The van der Waals surface area contributed by atoms with Crippen LogP contribution < -0.4 is 10.6 Å². The molecule has 82 valence electrons. The minimum Gasteiger partial charge on any atom is -0.385 e. The Labute approximate surface area is 95.3 Å². The smallest absolute Gasteiger partial charge is 0.166 e. The van der Waals surface area contributed by atoms with Crippen molar-refractivity contribution in [1.29, 1.82) is 0 Å². The lowest BCUT2D eigenvalue weighted by molar-refractivity contribution is 0.195. The van der Waals surface area contributed by atoms with E-state index in [2.05, 4.69) is 10.6 Å². The van der Waals surface area contributed by atoms with Crippen LogP contribution in [-0.4, -0.2) is 42.9 Å². The van der Waals surface area contributed by atoms with Gasteiger partial charge in [-0.2, -0.15) is 11.8 Å². The van der Waals surface area contributed by atoms with Crippen molar-refractivity contribution in [3.63, 3.8) is 0 Å². The van der Waals surface area contributed by atoms with E-state index in [0.717, 1.165) is 24.7 Å². The molecule has 1 atom stereocenters. The zero-order chi connectivity index (χ0) is 10.2. The summed E-state index contributed by atoms with van der Waals surface area (Å²) < 4.78 is 4.95. The molecule has 0 bridgehead atoms. The third kappa shape index (κ3) is 5.02. The van der Waals surface area contributed by atoms with Crippen molar-refractivity contribution < 1.29 is 4.74 Å². The van der Waals surface area contributed by atoms with Crippen molar-refractivity contribution in [2.45, 2.75) is 18.9 Å². The number of thiocarbonyl (C=S) groups is 1. The monoisotopic (exact) mass is 234 g/mol. The average Bonchev–Trinajstić information content (AvgIpc) is 2.65. The van der Waals surface area contributed by atoms with Crippen LogP contribution in [0.5, 0.6) is 0 Å². The van der Waals surface area contributed by atoms with E-state index in [-0.39, 0.29) is 0 Å². The Morgan fingerprint density at radius 3 is 3.14 bits per heavy atom. The van der Waals surface area contributed by atoms with Gasteiger partial charge in [0.25, 0.3) is 0 Å². The summed E-state index contributed by atoms with van der Waals surface area (Å²) in [6.07, 6.45) is 2.22. The molecule has 0 spiro atoms. The highest BCUT2D eigenvalue weighted by Gasteiger charge is 2.15. The lowest BCUT2D eigenvalue weighted by Crippen LogP contribution is -2.42. The van der Waals surface area contributed by atoms with Crippen LogP contribution in [0.1, 0.15) is 12.8 Å². The predicted octanol–water partition coefficient (Wildman–Crippen LogP) is 0.993. The molecule has 1 rings (SSSR count). The predicted molar refractivity (Wildman–Crippen MR) is 66.0 cm³/mol. The lowest BCUT2D eigenvalue weighted by Gasteiger charge is -2.14. The third-order valence-electron chi connectivity index (χ3n) is 2.08. The molecule has 3 nitrogen and oxygen atoms in total. The van der Waals surface area contributed by atoms with Crippen LogP contribution in [-0.2, 0) is 4.74 Å². The molecule has 2 N–H and O–H groups in total. The van der Waals surface area contributed by atoms with E-state index in [4.69, 9.17) is 17.0 Å². The van der Waals surface area contributed by atoms with Gasteiger partial charge in [0, 0.05) is 32.1 Å².